The number of benzene rings is 2. The maximum atomic E-state index is 13.2. The van der Waals surface area contributed by atoms with Gasteiger partial charge in [0.1, 0.15) is 11.6 Å². The van der Waals surface area contributed by atoms with Crippen molar-refractivity contribution in [2.45, 2.75) is 0 Å². The van der Waals surface area contributed by atoms with Crippen molar-refractivity contribution in [1.82, 2.24) is 14.9 Å². The molecule has 3 heterocycles. The SMILES string of the molecule is COc1ccc(C(N)=O)c2[nH]cc(C(=O)C(=O)N3CCN(c4nccc5ccccc45)CC3)c12. The molecule has 0 bridgehead atoms. The molecule has 0 unspecified atom stereocenters. The van der Waals surface area contributed by atoms with Crippen LogP contribution < -0.4 is 15.4 Å². The van der Waals surface area contributed by atoms with E-state index in [1.165, 1.54) is 19.4 Å². The van der Waals surface area contributed by atoms with Gasteiger partial charge in [0, 0.05) is 44.0 Å². The Kier molecular flexibility index (Phi) is 5.37. The Morgan fingerprint density at radius 1 is 1.00 bits per heavy atom. The summed E-state index contributed by atoms with van der Waals surface area (Å²) in [5.41, 5.74) is 6.20. The summed E-state index contributed by atoms with van der Waals surface area (Å²) in [5, 5.41) is 2.53. The first kappa shape index (κ1) is 21.4. The highest BCUT2D eigenvalue weighted by Crippen LogP contribution is 2.32. The van der Waals surface area contributed by atoms with Crippen molar-refractivity contribution in [1.29, 1.82) is 0 Å². The number of pyridine rings is 1. The first-order valence-corrected chi connectivity index (χ1v) is 10.9. The Bertz CT molecular complexity index is 1430. The summed E-state index contributed by atoms with van der Waals surface area (Å²) in [6.45, 7) is 1.90. The Hall–Kier alpha value is -4.40. The number of anilines is 1. The fourth-order valence-corrected chi connectivity index (χ4v) is 4.51. The van der Waals surface area contributed by atoms with Crippen LogP contribution in [0.3, 0.4) is 0 Å². The molecule has 2 amide bonds. The summed E-state index contributed by atoms with van der Waals surface area (Å²) in [6.07, 6.45) is 3.21. The van der Waals surface area contributed by atoms with Crippen molar-refractivity contribution in [2.24, 2.45) is 5.73 Å². The summed E-state index contributed by atoms with van der Waals surface area (Å²) < 4.78 is 5.37. The standard InChI is InChI=1S/C25H23N5O4/c1-34-19-7-6-17(23(26)32)21-20(19)18(14-28-21)22(31)25(33)30-12-10-29(11-13-30)24-16-5-3-2-4-15(16)8-9-27-24/h2-9,14,28H,10-13H2,1H3,(H2,26,32). The van der Waals surface area contributed by atoms with Gasteiger partial charge in [-0.1, -0.05) is 24.3 Å². The van der Waals surface area contributed by atoms with Gasteiger partial charge in [0.2, 0.25) is 0 Å². The first-order valence-electron chi connectivity index (χ1n) is 10.9. The van der Waals surface area contributed by atoms with E-state index in [0.717, 1.165) is 16.6 Å². The number of nitrogens with one attached hydrogen (secondary N) is 1. The van der Waals surface area contributed by atoms with Crippen LogP contribution in [0.2, 0.25) is 0 Å². The molecule has 2 aromatic heterocycles. The van der Waals surface area contributed by atoms with E-state index in [-0.39, 0.29) is 11.1 Å². The number of Topliss-reactive ketones (excluding diaryl/α,β-unsaturated/α-hetero) is 1. The van der Waals surface area contributed by atoms with Crippen molar-refractivity contribution in [3.63, 3.8) is 0 Å². The molecule has 3 N–H and O–H groups in total. The van der Waals surface area contributed by atoms with E-state index >= 15 is 0 Å². The van der Waals surface area contributed by atoms with Gasteiger partial charge in [0.25, 0.3) is 17.6 Å². The van der Waals surface area contributed by atoms with Gasteiger partial charge in [-0.25, -0.2) is 4.98 Å². The minimum Gasteiger partial charge on any atom is -0.496 e. The molecule has 9 nitrogen and oxygen atoms in total. The van der Waals surface area contributed by atoms with Gasteiger partial charge in [-0.05, 0) is 23.6 Å². The quantitative estimate of drug-likeness (QED) is 0.351. The van der Waals surface area contributed by atoms with Gasteiger partial charge in [-0.3, -0.25) is 14.4 Å². The average Bonchev–Trinajstić information content (AvgIpc) is 3.32. The zero-order valence-electron chi connectivity index (χ0n) is 18.6. The molecular weight excluding hydrogens is 434 g/mol. The fourth-order valence-electron chi connectivity index (χ4n) is 4.51. The average molecular weight is 457 g/mol. The molecule has 1 aliphatic rings. The number of carbonyl (C=O) groups is 3. The molecule has 1 aliphatic heterocycles. The lowest BCUT2D eigenvalue weighted by molar-refractivity contribution is -0.126. The summed E-state index contributed by atoms with van der Waals surface area (Å²) in [6, 6.07) is 13.1. The monoisotopic (exact) mass is 457 g/mol. The van der Waals surface area contributed by atoms with Crippen molar-refractivity contribution < 1.29 is 19.1 Å². The number of amides is 2. The molecule has 34 heavy (non-hydrogen) atoms. The highest BCUT2D eigenvalue weighted by molar-refractivity contribution is 6.45. The molecule has 0 atom stereocenters. The van der Waals surface area contributed by atoms with Gasteiger partial charge >= 0.3 is 0 Å². The van der Waals surface area contributed by atoms with Crippen LogP contribution in [-0.4, -0.2) is 65.8 Å². The van der Waals surface area contributed by atoms with Crippen molar-refractivity contribution in [3.8, 4) is 5.75 Å². The maximum Gasteiger partial charge on any atom is 0.295 e. The number of primary amides is 1. The largest absolute Gasteiger partial charge is 0.496 e. The van der Waals surface area contributed by atoms with Crippen LogP contribution in [0.1, 0.15) is 20.7 Å². The van der Waals surface area contributed by atoms with Crippen molar-refractivity contribution >= 4 is 45.1 Å². The smallest absolute Gasteiger partial charge is 0.295 e. The fraction of sp³-hybridized carbons (Fsp3) is 0.200. The van der Waals surface area contributed by atoms with E-state index in [2.05, 4.69) is 14.9 Å². The molecule has 5 rings (SSSR count). The highest BCUT2D eigenvalue weighted by atomic mass is 16.5. The number of fused-ring (bicyclic) bond motifs is 2. The molecule has 0 radical (unpaired) electrons. The molecular formula is C25H23N5O4. The molecule has 9 heteroatoms. The number of nitrogens with zero attached hydrogens (tertiary/aromatic N) is 3. The second kappa shape index (κ2) is 8.51. The Labute approximate surface area is 195 Å². The minimum atomic E-state index is -0.664. The molecule has 0 aliphatic carbocycles. The summed E-state index contributed by atoms with van der Waals surface area (Å²) >= 11 is 0. The first-order chi connectivity index (χ1) is 16.5. The third-order valence-corrected chi connectivity index (χ3v) is 6.24. The number of ether oxygens (including phenoxy) is 1. The minimum absolute atomic E-state index is 0.151. The number of hydrogen-bond acceptors (Lipinski definition) is 6. The zero-order chi connectivity index (χ0) is 23.8. The van der Waals surface area contributed by atoms with E-state index in [1.807, 2.05) is 30.3 Å². The number of nitrogens with two attached hydrogens (primary N) is 1. The third kappa shape index (κ3) is 3.51. The van der Waals surface area contributed by atoms with Crippen LogP contribution in [0.4, 0.5) is 5.82 Å². The Morgan fingerprint density at radius 2 is 1.76 bits per heavy atom. The molecule has 1 saturated heterocycles. The predicted octanol–water partition coefficient (Wildman–Crippen LogP) is 2.36. The number of aromatic nitrogens is 2. The number of ketones is 1. The Morgan fingerprint density at radius 3 is 2.50 bits per heavy atom. The summed E-state index contributed by atoms with van der Waals surface area (Å²) in [4.78, 5) is 49.2. The van der Waals surface area contributed by atoms with Gasteiger partial charge in [0.15, 0.2) is 0 Å². The third-order valence-electron chi connectivity index (χ3n) is 6.24. The van der Waals surface area contributed by atoms with Crippen LogP contribution in [-0.2, 0) is 4.79 Å². The lowest BCUT2D eigenvalue weighted by Gasteiger charge is -2.35. The van der Waals surface area contributed by atoms with Crippen molar-refractivity contribution in [2.75, 3.05) is 38.2 Å². The van der Waals surface area contributed by atoms with Gasteiger partial charge in [-0.2, -0.15) is 0 Å². The number of piperazine rings is 1. The van der Waals surface area contributed by atoms with Crippen LogP contribution in [0.15, 0.2) is 54.9 Å². The molecule has 172 valence electrons. The van der Waals surface area contributed by atoms with Crippen LogP contribution in [0.5, 0.6) is 5.75 Å². The normalized spacial score (nSPS) is 13.9. The molecule has 0 saturated carbocycles. The second-order valence-electron chi connectivity index (χ2n) is 8.10. The van der Waals surface area contributed by atoms with E-state index < -0.39 is 17.6 Å². The van der Waals surface area contributed by atoms with Gasteiger partial charge < -0.3 is 25.3 Å². The summed E-state index contributed by atoms with van der Waals surface area (Å²) in [5.74, 6) is -0.653. The van der Waals surface area contributed by atoms with Crippen LogP contribution >= 0.6 is 0 Å². The molecule has 4 aromatic rings. The molecule has 2 aromatic carbocycles. The van der Waals surface area contributed by atoms with Gasteiger partial charge in [-0.15, -0.1) is 0 Å². The van der Waals surface area contributed by atoms with E-state index in [1.54, 1.807) is 17.2 Å². The number of rotatable bonds is 5. The number of H-pyrrole nitrogens is 1. The van der Waals surface area contributed by atoms with Gasteiger partial charge in [0.05, 0.1) is 29.1 Å². The number of methoxy groups -OCH3 is 1. The zero-order valence-corrected chi connectivity index (χ0v) is 18.6. The van der Waals surface area contributed by atoms with Crippen molar-refractivity contribution in [3.05, 3.63) is 66.0 Å². The summed E-state index contributed by atoms with van der Waals surface area (Å²) in [7, 11) is 1.46. The second-order valence-corrected chi connectivity index (χ2v) is 8.10. The molecule has 0 spiro atoms. The highest BCUT2D eigenvalue weighted by Gasteiger charge is 2.30. The number of aromatic amines is 1. The Balaban J connectivity index is 1.37. The topological polar surface area (TPSA) is 122 Å². The van der Waals surface area contributed by atoms with E-state index in [9.17, 15) is 14.4 Å². The lowest BCUT2D eigenvalue weighted by Crippen LogP contribution is -2.50. The lowest BCUT2D eigenvalue weighted by atomic mass is 10.0. The van der Waals surface area contributed by atoms with E-state index in [0.29, 0.717) is 42.8 Å². The predicted molar refractivity (Wildman–Crippen MR) is 128 cm³/mol. The van der Waals surface area contributed by atoms with Crippen LogP contribution in [0, 0.1) is 0 Å². The number of carbonyl (C=O) groups excluding carboxylic acids is 3. The van der Waals surface area contributed by atoms with Crippen LogP contribution in [0.25, 0.3) is 21.7 Å². The molecule has 1 fully saturated rings. The van der Waals surface area contributed by atoms with E-state index in [4.69, 9.17) is 10.5 Å². The number of hydrogen-bond donors (Lipinski definition) is 2. The maximum absolute atomic E-state index is 13.2.